The van der Waals surface area contributed by atoms with Crippen LogP contribution in [-0.2, 0) is 4.79 Å². The molecule has 1 atom stereocenters. The number of para-hydroxylation sites is 1. The Hall–Kier alpha value is -3.19. The van der Waals surface area contributed by atoms with Gasteiger partial charge in [-0.05, 0) is 42.8 Å². The zero-order valence-corrected chi connectivity index (χ0v) is 16.2. The van der Waals surface area contributed by atoms with Crippen molar-refractivity contribution in [2.75, 3.05) is 12.4 Å². The first-order valence-electron chi connectivity index (χ1n) is 8.69. The van der Waals surface area contributed by atoms with E-state index in [1.165, 1.54) is 6.20 Å². The highest BCUT2D eigenvalue weighted by Crippen LogP contribution is 2.23. The van der Waals surface area contributed by atoms with Crippen LogP contribution in [0.2, 0.25) is 5.02 Å². The highest BCUT2D eigenvalue weighted by Gasteiger charge is 2.22. The summed E-state index contributed by atoms with van der Waals surface area (Å²) in [5.74, 6) is 0.316. The fraction of sp³-hybridized carbons (Fsp3) is 0.200. The Balaban J connectivity index is 1.85. The second kappa shape index (κ2) is 8.67. The highest BCUT2D eigenvalue weighted by atomic mass is 35.5. The van der Waals surface area contributed by atoms with Crippen molar-refractivity contribution in [1.29, 1.82) is 0 Å². The molecule has 3 rings (SSSR count). The Morgan fingerprint density at radius 1 is 1.21 bits per heavy atom. The monoisotopic (exact) mass is 398 g/mol. The maximum atomic E-state index is 12.7. The standard InChI is InChI=1S/C20H19ClN4O3/c1-3-18(19(26)23-16-7-5-4-6-15(16)21)25-20(27)24-17(12-22-25)13-8-10-14(28-2)11-9-13/h4-12,18H,3H2,1-2H3,(H,23,26)/t18-/m1/s1. The van der Waals surface area contributed by atoms with Crippen molar-refractivity contribution in [1.82, 2.24) is 14.8 Å². The molecule has 28 heavy (non-hydrogen) atoms. The molecule has 0 aliphatic heterocycles. The number of hydrogen-bond donors (Lipinski definition) is 1. The van der Waals surface area contributed by atoms with Gasteiger partial charge in [-0.3, -0.25) is 4.79 Å². The zero-order valence-electron chi connectivity index (χ0n) is 15.4. The van der Waals surface area contributed by atoms with Crippen LogP contribution in [0.4, 0.5) is 5.69 Å². The number of nitrogens with one attached hydrogen (secondary N) is 1. The molecule has 0 saturated carbocycles. The summed E-state index contributed by atoms with van der Waals surface area (Å²) in [5.41, 5.74) is 1.02. The first-order chi connectivity index (χ1) is 13.5. The molecule has 0 unspecified atom stereocenters. The van der Waals surface area contributed by atoms with E-state index in [1.54, 1.807) is 62.6 Å². The molecular formula is C20H19ClN4O3. The van der Waals surface area contributed by atoms with Crippen molar-refractivity contribution in [3.05, 3.63) is 70.2 Å². The molecule has 8 heteroatoms. The smallest absolute Gasteiger partial charge is 0.365 e. The molecule has 1 N–H and O–H groups in total. The lowest BCUT2D eigenvalue weighted by atomic mass is 10.1. The third-order valence-corrected chi connectivity index (χ3v) is 4.55. The molecule has 0 aliphatic carbocycles. The maximum Gasteiger partial charge on any atom is 0.365 e. The Labute approximate surface area is 166 Å². The van der Waals surface area contributed by atoms with E-state index in [9.17, 15) is 9.59 Å². The summed E-state index contributed by atoms with van der Waals surface area (Å²) < 4.78 is 6.20. The quantitative estimate of drug-likeness (QED) is 0.686. The van der Waals surface area contributed by atoms with Crippen LogP contribution in [0.15, 0.2) is 59.5 Å². The Morgan fingerprint density at radius 3 is 2.54 bits per heavy atom. The van der Waals surface area contributed by atoms with E-state index < -0.39 is 11.7 Å². The normalized spacial score (nSPS) is 11.7. The Morgan fingerprint density at radius 2 is 1.93 bits per heavy atom. The summed E-state index contributed by atoms with van der Waals surface area (Å²) in [6.45, 7) is 1.79. The van der Waals surface area contributed by atoms with Crippen molar-refractivity contribution in [3.63, 3.8) is 0 Å². The average molecular weight is 399 g/mol. The molecule has 1 heterocycles. The molecule has 2 aromatic carbocycles. The number of nitrogens with zero attached hydrogens (tertiary/aromatic N) is 3. The SMILES string of the molecule is CC[C@H](C(=O)Nc1ccccc1Cl)n1ncc(-c2ccc(OC)cc2)nc1=O. The number of anilines is 1. The van der Waals surface area contributed by atoms with E-state index in [2.05, 4.69) is 15.4 Å². The van der Waals surface area contributed by atoms with Gasteiger partial charge in [0.15, 0.2) is 0 Å². The molecule has 1 aromatic heterocycles. The second-order valence-electron chi connectivity index (χ2n) is 5.99. The first kappa shape index (κ1) is 19.6. The third kappa shape index (κ3) is 4.20. The summed E-state index contributed by atoms with van der Waals surface area (Å²) in [7, 11) is 1.58. The van der Waals surface area contributed by atoms with E-state index in [1.807, 2.05) is 0 Å². The first-order valence-corrected chi connectivity index (χ1v) is 9.07. The number of aromatic nitrogens is 3. The maximum absolute atomic E-state index is 12.7. The van der Waals surface area contributed by atoms with Crippen LogP contribution in [0.1, 0.15) is 19.4 Å². The number of halogens is 1. The number of rotatable bonds is 6. The predicted octanol–water partition coefficient (Wildman–Crippen LogP) is 3.56. The van der Waals surface area contributed by atoms with Gasteiger partial charge >= 0.3 is 5.69 Å². The summed E-state index contributed by atoms with van der Waals surface area (Å²) in [5, 5.41) is 7.32. The molecule has 0 fully saturated rings. The minimum absolute atomic E-state index is 0.368. The Kier molecular flexibility index (Phi) is 6.06. The fourth-order valence-electron chi connectivity index (χ4n) is 2.71. The van der Waals surface area contributed by atoms with E-state index in [0.717, 1.165) is 10.2 Å². The van der Waals surface area contributed by atoms with E-state index in [4.69, 9.17) is 16.3 Å². The Bertz CT molecular complexity index is 1030. The van der Waals surface area contributed by atoms with Crippen LogP contribution >= 0.6 is 11.6 Å². The topological polar surface area (TPSA) is 86.1 Å². The van der Waals surface area contributed by atoms with E-state index in [0.29, 0.717) is 28.6 Å². The van der Waals surface area contributed by atoms with Gasteiger partial charge in [0.05, 0.1) is 29.7 Å². The van der Waals surface area contributed by atoms with Crippen LogP contribution < -0.4 is 15.7 Å². The molecule has 0 radical (unpaired) electrons. The van der Waals surface area contributed by atoms with Crippen LogP contribution in [0.3, 0.4) is 0 Å². The van der Waals surface area contributed by atoms with Crippen molar-refractivity contribution < 1.29 is 9.53 Å². The average Bonchev–Trinajstić information content (AvgIpc) is 2.71. The minimum atomic E-state index is -0.804. The van der Waals surface area contributed by atoms with Crippen LogP contribution in [-0.4, -0.2) is 27.8 Å². The molecular weight excluding hydrogens is 380 g/mol. The molecule has 1 amide bonds. The van der Waals surface area contributed by atoms with Gasteiger partial charge in [0.25, 0.3) is 0 Å². The summed E-state index contributed by atoms with van der Waals surface area (Å²) in [6.07, 6.45) is 1.83. The lowest BCUT2D eigenvalue weighted by molar-refractivity contribution is -0.119. The number of benzene rings is 2. The number of ether oxygens (including phenoxy) is 1. The molecule has 0 bridgehead atoms. The number of carbonyl (C=O) groups excluding carboxylic acids is 1. The summed E-state index contributed by atoms with van der Waals surface area (Å²) >= 11 is 6.08. The molecule has 144 valence electrons. The van der Waals surface area contributed by atoms with E-state index >= 15 is 0 Å². The largest absolute Gasteiger partial charge is 0.497 e. The van der Waals surface area contributed by atoms with Gasteiger partial charge in [-0.2, -0.15) is 10.1 Å². The van der Waals surface area contributed by atoms with Crippen molar-refractivity contribution >= 4 is 23.2 Å². The van der Waals surface area contributed by atoms with E-state index in [-0.39, 0.29) is 5.91 Å². The van der Waals surface area contributed by atoms with Crippen LogP contribution in [0.5, 0.6) is 5.75 Å². The van der Waals surface area contributed by atoms with Gasteiger partial charge in [0, 0.05) is 5.56 Å². The van der Waals surface area contributed by atoms with Gasteiger partial charge in [-0.25, -0.2) is 9.48 Å². The van der Waals surface area contributed by atoms with Crippen molar-refractivity contribution in [2.45, 2.75) is 19.4 Å². The summed E-state index contributed by atoms with van der Waals surface area (Å²) in [6, 6.07) is 13.2. The van der Waals surface area contributed by atoms with Gasteiger partial charge in [0.2, 0.25) is 5.91 Å². The molecule has 0 saturated heterocycles. The zero-order chi connectivity index (χ0) is 20.1. The molecule has 0 spiro atoms. The van der Waals surface area contributed by atoms with Crippen molar-refractivity contribution in [3.8, 4) is 17.0 Å². The van der Waals surface area contributed by atoms with Crippen LogP contribution in [0.25, 0.3) is 11.3 Å². The summed E-state index contributed by atoms with van der Waals surface area (Å²) in [4.78, 5) is 29.3. The number of carbonyl (C=O) groups is 1. The lowest BCUT2D eigenvalue weighted by Crippen LogP contribution is -2.36. The van der Waals surface area contributed by atoms with Gasteiger partial charge < -0.3 is 10.1 Å². The molecule has 3 aromatic rings. The lowest BCUT2D eigenvalue weighted by Gasteiger charge is -2.17. The third-order valence-electron chi connectivity index (χ3n) is 4.22. The fourth-order valence-corrected chi connectivity index (χ4v) is 2.90. The second-order valence-corrected chi connectivity index (χ2v) is 6.40. The number of methoxy groups -OCH3 is 1. The van der Waals surface area contributed by atoms with Crippen molar-refractivity contribution in [2.24, 2.45) is 0 Å². The highest BCUT2D eigenvalue weighted by molar-refractivity contribution is 6.33. The van der Waals surface area contributed by atoms with Gasteiger partial charge in [-0.1, -0.05) is 30.7 Å². The minimum Gasteiger partial charge on any atom is -0.497 e. The van der Waals surface area contributed by atoms with Crippen LogP contribution in [0, 0.1) is 0 Å². The predicted molar refractivity (Wildman–Crippen MR) is 108 cm³/mol. The number of amides is 1. The van der Waals surface area contributed by atoms with Gasteiger partial charge in [0.1, 0.15) is 11.8 Å². The molecule has 0 aliphatic rings. The molecule has 7 nitrogen and oxygen atoms in total. The number of hydrogen-bond acceptors (Lipinski definition) is 5. The van der Waals surface area contributed by atoms with Gasteiger partial charge in [-0.15, -0.1) is 0 Å².